The summed E-state index contributed by atoms with van der Waals surface area (Å²) in [5.41, 5.74) is 25.4. The molecule has 0 aliphatic rings. The van der Waals surface area contributed by atoms with Gasteiger partial charge in [0, 0.05) is 39.8 Å². The van der Waals surface area contributed by atoms with Gasteiger partial charge in [-0.3, -0.25) is 4.57 Å². The van der Waals surface area contributed by atoms with Gasteiger partial charge in [0.25, 0.3) is 0 Å². The number of fused-ring (bicyclic) bond motifs is 10. The molecule has 0 bridgehead atoms. The monoisotopic (exact) mass is 1200 g/mol. The van der Waals surface area contributed by atoms with E-state index < -0.39 is 0 Å². The molecule has 7 heteroatoms. The Labute approximate surface area is 471 Å². The van der Waals surface area contributed by atoms with Gasteiger partial charge in [0.15, 0.2) is 0 Å². The third-order valence-electron chi connectivity index (χ3n) is 16.0. The van der Waals surface area contributed by atoms with E-state index in [4.69, 9.17) is 19.4 Å². The van der Waals surface area contributed by atoms with Gasteiger partial charge in [-0.15, -0.1) is 34.8 Å². The molecule has 0 unspecified atom stereocenters. The number of aryl methyl sites for hydroxylation is 6. The zero-order valence-corrected chi connectivity index (χ0v) is 46.8. The topological polar surface area (TPSA) is 62.9 Å². The second-order valence-electron chi connectivity index (χ2n) is 21.3. The number of hydrogen-bond donors (Lipinski definition) is 0. The van der Waals surface area contributed by atoms with E-state index in [1.807, 2.05) is 18.3 Å². The summed E-state index contributed by atoms with van der Waals surface area (Å²) in [6.45, 7) is 13.2. The van der Waals surface area contributed by atoms with Gasteiger partial charge in [-0.1, -0.05) is 143 Å². The molecular formula is C72H51N5OPt. The number of rotatable bonds is 7. The van der Waals surface area contributed by atoms with Gasteiger partial charge in [0.1, 0.15) is 22.8 Å². The van der Waals surface area contributed by atoms with Gasteiger partial charge in [-0.25, -0.2) is 9.97 Å². The van der Waals surface area contributed by atoms with E-state index in [9.17, 15) is 0 Å². The molecule has 15 aromatic rings. The zero-order chi connectivity index (χ0) is 52.5. The maximum absolute atomic E-state index is 6.61. The third kappa shape index (κ3) is 7.72. The average Bonchev–Trinajstić information content (AvgIpc) is 4.34. The van der Waals surface area contributed by atoms with Crippen molar-refractivity contribution in [2.24, 2.45) is 0 Å². The number of hydrogen-bond acceptors (Lipinski definition) is 3. The van der Waals surface area contributed by atoms with E-state index in [2.05, 4.69) is 239 Å². The molecule has 0 saturated carbocycles. The molecule has 5 heterocycles. The van der Waals surface area contributed by atoms with Crippen molar-refractivity contribution in [1.29, 1.82) is 0 Å². The summed E-state index contributed by atoms with van der Waals surface area (Å²) >= 11 is 0. The summed E-state index contributed by atoms with van der Waals surface area (Å²) in [7, 11) is 0. The van der Waals surface area contributed by atoms with Gasteiger partial charge >= 0.3 is 21.1 Å². The summed E-state index contributed by atoms with van der Waals surface area (Å²) in [5, 5.41) is 6.54. The first-order valence-corrected chi connectivity index (χ1v) is 26.7. The fourth-order valence-corrected chi connectivity index (χ4v) is 12.9. The molecule has 79 heavy (non-hydrogen) atoms. The molecule has 380 valence electrons. The minimum absolute atomic E-state index is 0. The van der Waals surface area contributed by atoms with Crippen LogP contribution < -0.4 is 4.98 Å². The first kappa shape index (κ1) is 48.3. The second-order valence-corrected chi connectivity index (χ2v) is 21.3. The van der Waals surface area contributed by atoms with Gasteiger partial charge in [-0.2, -0.15) is 0 Å². The number of benzene rings is 10. The van der Waals surface area contributed by atoms with E-state index in [0.717, 1.165) is 133 Å². The Hall–Kier alpha value is -9.09. The minimum Gasteiger partial charge on any atom is -0.656 e. The van der Waals surface area contributed by atoms with E-state index in [0.29, 0.717) is 0 Å². The van der Waals surface area contributed by atoms with Gasteiger partial charge < -0.3 is 14.0 Å². The van der Waals surface area contributed by atoms with Crippen LogP contribution in [-0.2, 0) is 21.1 Å². The standard InChI is InChI=1S/C72H51N5O.Pt/c1-41-29-43(3)68(44(4)30-41)49-27-28-73-67(38-49)77-62-36-48(25-26-54(62)57-39-58-55-22-14-16-24-65(55)78-66(58)40-63(57)77)56-35-51(69-45(5)31-42(2)32-46(69)6)37-64-71(56)75-72(76(64)52-19-11-8-12-20-52)60-34-50(47-17-9-7-10-18-47)33-59-53-21-13-15-23-61(53)74-70(59)60;/h7-35,37-40H,1-6H3;/q-2;+2. The van der Waals surface area contributed by atoms with Crippen molar-refractivity contribution >= 4 is 76.6 Å². The Kier molecular flexibility index (Phi) is 11.3. The van der Waals surface area contributed by atoms with E-state index >= 15 is 0 Å². The fourth-order valence-electron chi connectivity index (χ4n) is 12.9. The molecule has 0 fully saturated rings. The summed E-state index contributed by atoms with van der Waals surface area (Å²) < 4.78 is 11.2. The third-order valence-corrected chi connectivity index (χ3v) is 16.0. The number of nitrogens with zero attached hydrogens (tertiary/aromatic N) is 5. The molecule has 0 atom stereocenters. The van der Waals surface area contributed by atoms with Crippen LogP contribution in [0.15, 0.2) is 205 Å². The molecule has 0 radical (unpaired) electrons. The predicted molar refractivity (Wildman–Crippen MR) is 323 cm³/mol. The van der Waals surface area contributed by atoms with Gasteiger partial charge in [0.05, 0.1) is 11.0 Å². The number of furan rings is 1. The number of imidazole rings is 1. The molecule has 5 aromatic heterocycles. The first-order chi connectivity index (χ1) is 38.1. The fraction of sp³-hybridized carbons (Fsp3) is 0.0833. The van der Waals surface area contributed by atoms with Crippen LogP contribution in [0.25, 0.3) is 144 Å². The van der Waals surface area contributed by atoms with Crippen LogP contribution in [0.5, 0.6) is 0 Å². The largest absolute Gasteiger partial charge is 2.00 e. The van der Waals surface area contributed by atoms with E-state index in [1.54, 1.807) is 0 Å². The van der Waals surface area contributed by atoms with Crippen LogP contribution in [0.4, 0.5) is 0 Å². The normalized spacial score (nSPS) is 11.8. The van der Waals surface area contributed by atoms with Crippen LogP contribution >= 0.6 is 0 Å². The molecular weight excluding hydrogens is 1150 g/mol. The predicted octanol–water partition coefficient (Wildman–Crippen LogP) is 18.7. The van der Waals surface area contributed by atoms with Crippen molar-refractivity contribution in [2.75, 3.05) is 0 Å². The molecule has 0 saturated heterocycles. The van der Waals surface area contributed by atoms with Crippen molar-refractivity contribution in [1.82, 2.24) is 24.1 Å². The van der Waals surface area contributed by atoms with Crippen molar-refractivity contribution in [3.8, 4) is 67.4 Å². The van der Waals surface area contributed by atoms with Crippen LogP contribution in [0.3, 0.4) is 0 Å². The average molecular weight is 1200 g/mol. The van der Waals surface area contributed by atoms with Crippen LogP contribution in [0.2, 0.25) is 0 Å². The molecule has 0 spiro atoms. The minimum atomic E-state index is 0. The maximum Gasteiger partial charge on any atom is 2.00 e. The molecule has 0 aliphatic carbocycles. The van der Waals surface area contributed by atoms with E-state index in [-0.39, 0.29) is 21.1 Å². The van der Waals surface area contributed by atoms with Crippen molar-refractivity contribution in [2.45, 2.75) is 41.5 Å². The zero-order valence-electron chi connectivity index (χ0n) is 44.5. The van der Waals surface area contributed by atoms with Crippen LogP contribution in [-0.4, -0.2) is 19.1 Å². The Morgan fingerprint density at radius 3 is 1.86 bits per heavy atom. The summed E-state index contributed by atoms with van der Waals surface area (Å²) in [6.07, 6.45) is 1.94. The first-order valence-electron chi connectivity index (χ1n) is 26.7. The van der Waals surface area contributed by atoms with Gasteiger partial charge in [0.2, 0.25) is 0 Å². The van der Waals surface area contributed by atoms with E-state index in [1.165, 1.54) is 44.5 Å². The molecule has 0 amide bonds. The molecule has 0 N–H and O–H groups in total. The SMILES string of the molecule is Cc1cc(C)c(-c2ccnc(-n3c4[c-]c(-c5cc(-c6c(C)cc(C)cc6C)cc6c5nc(-c5cc(-c7ccccc7)cc7c5[n-]c5ccccc57)n6-c5ccccc5)ccc4c4cc5c(cc43)oc3ccccc35)c2)c(C)c1.[Pt+2]. The Bertz CT molecular complexity index is 4930. The smallest absolute Gasteiger partial charge is 0.656 e. The number of aromatic nitrogens is 5. The molecule has 15 rings (SSSR count). The molecule has 6 nitrogen and oxygen atoms in total. The van der Waals surface area contributed by atoms with Crippen molar-refractivity contribution < 1.29 is 25.5 Å². The number of pyridine rings is 1. The van der Waals surface area contributed by atoms with Crippen molar-refractivity contribution in [3.63, 3.8) is 0 Å². The Morgan fingerprint density at radius 2 is 1.11 bits per heavy atom. The van der Waals surface area contributed by atoms with Crippen LogP contribution in [0, 0.1) is 47.6 Å². The Balaban J connectivity index is 0.00000564. The van der Waals surface area contributed by atoms with Crippen molar-refractivity contribution in [3.05, 3.63) is 240 Å². The summed E-state index contributed by atoms with van der Waals surface area (Å²) in [4.78, 5) is 16.5. The number of para-hydroxylation sites is 3. The Morgan fingerprint density at radius 1 is 0.456 bits per heavy atom. The summed E-state index contributed by atoms with van der Waals surface area (Å²) in [5.74, 6) is 1.61. The molecule has 10 aromatic carbocycles. The maximum atomic E-state index is 6.61. The quantitative estimate of drug-likeness (QED) is 0.149. The summed E-state index contributed by atoms with van der Waals surface area (Å²) in [6, 6.07) is 73.9. The second kappa shape index (κ2) is 18.5. The van der Waals surface area contributed by atoms with Gasteiger partial charge in [-0.05, 0) is 173 Å². The molecule has 0 aliphatic heterocycles. The van der Waals surface area contributed by atoms with Crippen LogP contribution in [0.1, 0.15) is 33.4 Å².